The molecular formula is C37H27ClF2N10O3S. The quantitative estimate of drug-likeness (QED) is 0.0944. The molecule has 4 N–H and O–H groups in total. The molecular weight excluding hydrogens is 738 g/mol. The minimum Gasteiger partial charge on any atom is -0.382 e. The van der Waals surface area contributed by atoms with Gasteiger partial charge in [-0.15, -0.1) is 0 Å². The predicted octanol–water partition coefficient (Wildman–Crippen LogP) is 7.29. The Hall–Kier alpha value is -6.65. The smallest absolute Gasteiger partial charge is 0.265 e. The van der Waals surface area contributed by atoms with Crippen molar-refractivity contribution in [3.05, 3.63) is 160 Å². The van der Waals surface area contributed by atoms with E-state index in [9.17, 15) is 13.6 Å². The number of nitrogen functional groups attached to an aromatic ring is 1. The third-order valence-electron chi connectivity index (χ3n) is 7.84. The molecule has 270 valence electrons. The average molecular weight is 765 g/mol. The first-order chi connectivity index (χ1) is 26.2. The molecule has 0 spiro atoms. The first-order valence-corrected chi connectivity index (χ1v) is 17.2. The highest BCUT2D eigenvalue weighted by Gasteiger charge is 2.18. The maximum Gasteiger partial charge on any atom is 0.265 e. The number of nitrogens with two attached hydrogens (primary N) is 1. The summed E-state index contributed by atoms with van der Waals surface area (Å²) in [6, 6.07) is 26.8. The fourth-order valence-corrected chi connectivity index (χ4v) is 6.12. The van der Waals surface area contributed by atoms with Crippen LogP contribution in [-0.4, -0.2) is 45.7 Å². The van der Waals surface area contributed by atoms with Crippen molar-refractivity contribution in [3.63, 3.8) is 0 Å². The van der Waals surface area contributed by atoms with Crippen molar-refractivity contribution < 1.29 is 17.8 Å². The van der Waals surface area contributed by atoms with Crippen LogP contribution in [0, 0.1) is 17.0 Å². The van der Waals surface area contributed by atoms with Gasteiger partial charge >= 0.3 is 0 Å². The average Bonchev–Trinajstić information content (AvgIpc) is 4.00. The van der Waals surface area contributed by atoms with Crippen LogP contribution in [0.3, 0.4) is 0 Å². The van der Waals surface area contributed by atoms with Crippen molar-refractivity contribution in [3.8, 4) is 34.3 Å². The van der Waals surface area contributed by atoms with Gasteiger partial charge in [0.2, 0.25) is 0 Å². The van der Waals surface area contributed by atoms with Gasteiger partial charge in [0.15, 0.2) is 5.82 Å². The molecule has 5 heterocycles. The molecule has 0 aliphatic carbocycles. The third kappa shape index (κ3) is 8.19. The number of halogens is 3. The van der Waals surface area contributed by atoms with Gasteiger partial charge in [-0.2, -0.15) is 10.2 Å². The van der Waals surface area contributed by atoms with Crippen molar-refractivity contribution in [2.75, 3.05) is 0 Å². The Balaban J connectivity index is 0.000000184. The second kappa shape index (κ2) is 15.9. The van der Waals surface area contributed by atoms with E-state index in [-0.39, 0.29) is 41.9 Å². The molecule has 0 saturated carbocycles. The van der Waals surface area contributed by atoms with Crippen LogP contribution in [-0.2, 0) is 13.1 Å². The zero-order valence-corrected chi connectivity index (χ0v) is 29.4. The Morgan fingerprint density at radius 1 is 0.796 bits per heavy atom. The molecule has 0 unspecified atom stereocenters. The van der Waals surface area contributed by atoms with Crippen molar-refractivity contribution in [2.24, 2.45) is 5.73 Å². The van der Waals surface area contributed by atoms with Gasteiger partial charge in [0.25, 0.3) is 5.56 Å². The molecule has 0 saturated heterocycles. The molecule has 0 atom stereocenters. The van der Waals surface area contributed by atoms with E-state index < -0.39 is 0 Å². The summed E-state index contributed by atoms with van der Waals surface area (Å²) in [6.45, 7) is 0.381. The van der Waals surface area contributed by atoms with Crippen molar-refractivity contribution in [1.82, 2.24) is 39.8 Å². The van der Waals surface area contributed by atoms with Crippen molar-refractivity contribution >= 4 is 29.2 Å². The van der Waals surface area contributed by atoms with E-state index in [1.54, 1.807) is 82.2 Å². The summed E-state index contributed by atoms with van der Waals surface area (Å²) in [5.74, 6) is -0.524. The minimum absolute atomic E-state index is 0.160. The van der Waals surface area contributed by atoms with E-state index in [0.717, 1.165) is 4.90 Å². The number of amidine groups is 1. The van der Waals surface area contributed by atoms with Gasteiger partial charge in [0, 0.05) is 39.4 Å². The van der Waals surface area contributed by atoms with Gasteiger partial charge in [-0.25, -0.2) is 13.8 Å². The summed E-state index contributed by atoms with van der Waals surface area (Å²) in [5, 5.41) is 24.7. The number of benzene rings is 3. The number of hydrogen-bond acceptors (Lipinski definition) is 10. The highest BCUT2D eigenvalue weighted by Crippen LogP contribution is 2.28. The molecule has 13 nitrogen and oxygen atoms in total. The molecule has 54 heavy (non-hydrogen) atoms. The topological polar surface area (TPSA) is 183 Å². The van der Waals surface area contributed by atoms with Crippen LogP contribution in [0.25, 0.3) is 34.3 Å². The molecule has 0 amide bonds. The fraction of sp³-hybridized carbons (Fsp3) is 0.0541. The van der Waals surface area contributed by atoms with Crippen LogP contribution in [0.5, 0.6) is 0 Å². The van der Waals surface area contributed by atoms with Gasteiger partial charge in [0.05, 0.1) is 29.4 Å². The minimum atomic E-state index is -0.337. The largest absolute Gasteiger partial charge is 0.382 e. The van der Waals surface area contributed by atoms with Crippen LogP contribution in [0.2, 0.25) is 5.02 Å². The van der Waals surface area contributed by atoms with E-state index in [2.05, 4.69) is 30.5 Å². The summed E-state index contributed by atoms with van der Waals surface area (Å²) < 4.78 is 40.9. The van der Waals surface area contributed by atoms with E-state index in [1.807, 2.05) is 12.1 Å². The molecule has 3 aromatic carbocycles. The first kappa shape index (κ1) is 35.7. The lowest BCUT2D eigenvalue weighted by molar-refractivity contribution is 0.421. The van der Waals surface area contributed by atoms with E-state index in [4.69, 9.17) is 31.8 Å². The summed E-state index contributed by atoms with van der Waals surface area (Å²) in [4.78, 5) is 21.1. The SMILES string of the molecule is N=C(N)c1cc(-c2ccon2)n(Cc2ccccc2F)n1.O=c1[nH]c(-c2cc(-c3ccon3)n(Cc3ccccc3F)n2)ncc1Sc1ccc(Cl)cc1. The maximum absolute atomic E-state index is 14.2. The molecule has 17 heteroatoms. The third-order valence-corrected chi connectivity index (χ3v) is 9.11. The Morgan fingerprint density at radius 2 is 1.37 bits per heavy atom. The lowest BCUT2D eigenvalue weighted by atomic mass is 10.2. The molecule has 0 aliphatic heterocycles. The van der Waals surface area contributed by atoms with E-state index in [1.165, 1.54) is 42.6 Å². The molecule has 8 rings (SSSR count). The standard InChI is InChI=1S/C23H15ClFN5O2S.C14H12FN5O/c24-15-5-7-16(8-6-15)33-21-12-26-22(27-23(21)31)19-11-20(18-9-10-32-29-18)30(28-19)13-14-3-1-2-4-17(14)25;15-10-4-2-1-3-9(10)8-20-13(11-5-6-21-19-11)7-12(18-20)14(16)17/h1-12H,13H2,(H,26,27,31);1-7H,8H2,(H3,16,17). The number of aromatic nitrogens is 8. The summed E-state index contributed by atoms with van der Waals surface area (Å²) in [6.07, 6.45) is 4.38. The highest BCUT2D eigenvalue weighted by molar-refractivity contribution is 7.99. The predicted molar refractivity (Wildman–Crippen MR) is 197 cm³/mol. The second-order valence-electron chi connectivity index (χ2n) is 11.5. The lowest BCUT2D eigenvalue weighted by Crippen LogP contribution is -2.13. The van der Waals surface area contributed by atoms with Gasteiger partial charge in [-0.1, -0.05) is 70.1 Å². The lowest BCUT2D eigenvalue weighted by Gasteiger charge is -2.06. The molecule has 0 fully saturated rings. The van der Waals surface area contributed by atoms with E-state index in [0.29, 0.717) is 55.2 Å². The molecule has 5 aromatic heterocycles. The Bertz CT molecular complexity index is 2590. The number of H-pyrrole nitrogens is 1. The van der Waals surface area contributed by atoms with Gasteiger partial charge in [-0.3, -0.25) is 19.6 Å². The maximum atomic E-state index is 14.2. The summed E-state index contributed by atoms with van der Waals surface area (Å²) >= 11 is 7.20. The van der Waals surface area contributed by atoms with Gasteiger partial charge < -0.3 is 19.8 Å². The molecule has 0 bridgehead atoms. The number of aromatic amines is 1. The van der Waals surface area contributed by atoms with E-state index >= 15 is 0 Å². The highest BCUT2D eigenvalue weighted by atomic mass is 35.5. The van der Waals surface area contributed by atoms with Crippen LogP contribution < -0.4 is 11.3 Å². The monoisotopic (exact) mass is 764 g/mol. The molecule has 0 radical (unpaired) electrons. The van der Waals surface area contributed by atoms with Crippen LogP contribution in [0.15, 0.2) is 139 Å². The zero-order valence-electron chi connectivity index (χ0n) is 27.9. The van der Waals surface area contributed by atoms with Crippen LogP contribution in [0.1, 0.15) is 16.8 Å². The summed E-state index contributed by atoms with van der Waals surface area (Å²) in [7, 11) is 0. The molecule has 8 aromatic rings. The second-order valence-corrected chi connectivity index (χ2v) is 13.0. The van der Waals surface area contributed by atoms with Gasteiger partial charge in [0.1, 0.15) is 52.8 Å². The first-order valence-electron chi connectivity index (χ1n) is 16.0. The molecule has 0 aliphatic rings. The Kier molecular flexibility index (Phi) is 10.5. The summed E-state index contributed by atoms with van der Waals surface area (Å²) in [5.41, 5.74) is 9.13. The fourth-order valence-electron chi connectivity index (χ4n) is 5.22. The number of nitrogens with zero attached hydrogens (tertiary/aromatic N) is 7. The zero-order chi connectivity index (χ0) is 37.6. The normalized spacial score (nSPS) is 10.9. The number of rotatable bonds is 10. The van der Waals surface area contributed by atoms with Gasteiger partial charge in [-0.05, 0) is 48.5 Å². The Labute approximate surface area is 313 Å². The van der Waals surface area contributed by atoms with Crippen LogP contribution >= 0.6 is 23.4 Å². The van der Waals surface area contributed by atoms with Crippen molar-refractivity contribution in [1.29, 1.82) is 5.41 Å². The number of nitrogens with one attached hydrogen (secondary N) is 2. The van der Waals surface area contributed by atoms with Crippen molar-refractivity contribution in [2.45, 2.75) is 22.9 Å². The van der Waals surface area contributed by atoms with Crippen LogP contribution in [0.4, 0.5) is 8.78 Å². The number of hydrogen-bond donors (Lipinski definition) is 3. The Morgan fingerprint density at radius 3 is 1.91 bits per heavy atom.